The number of nitrogen functional groups attached to an aromatic ring is 1. The number of rotatable bonds is 2. The molecule has 1 saturated heterocycles. The van der Waals surface area contributed by atoms with Crippen molar-refractivity contribution in [2.24, 2.45) is 0 Å². The number of hydrogen-bond donors (Lipinski definition) is 1. The van der Waals surface area contributed by atoms with Crippen LogP contribution in [0.2, 0.25) is 0 Å². The Hall–Kier alpha value is -1.84. The van der Waals surface area contributed by atoms with Gasteiger partial charge in [-0.1, -0.05) is 28.1 Å². The smallest absolute Gasteiger partial charge is 0.140 e. The van der Waals surface area contributed by atoms with E-state index in [2.05, 4.69) is 27.1 Å². The maximum absolute atomic E-state index is 9.41. The third-order valence-corrected chi connectivity index (χ3v) is 4.36. The van der Waals surface area contributed by atoms with E-state index in [-0.39, 0.29) is 12.1 Å². The highest BCUT2D eigenvalue weighted by atomic mass is 79.9. The van der Waals surface area contributed by atoms with E-state index < -0.39 is 0 Å². The van der Waals surface area contributed by atoms with Crippen LogP contribution >= 0.6 is 15.9 Å². The van der Waals surface area contributed by atoms with Crippen LogP contribution in [0.5, 0.6) is 0 Å². The van der Waals surface area contributed by atoms with Crippen LogP contribution in [-0.4, -0.2) is 22.5 Å². The molecule has 3 rings (SSSR count). The molecular weight excluding hydrogens is 332 g/mol. The summed E-state index contributed by atoms with van der Waals surface area (Å²) < 4.78 is 8.30. The molecule has 2 N–H and O–H groups in total. The van der Waals surface area contributed by atoms with E-state index in [1.54, 1.807) is 4.68 Å². The predicted octanol–water partition coefficient (Wildman–Crippen LogP) is 3.12. The molecule has 1 aromatic heterocycles. The van der Waals surface area contributed by atoms with Crippen molar-refractivity contribution in [1.29, 1.82) is 5.26 Å². The highest BCUT2D eigenvalue weighted by Crippen LogP contribution is 2.33. The topological polar surface area (TPSA) is 76.9 Å². The lowest BCUT2D eigenvalue weighted by molar-refractivity contribution is 0.105. The minimum absolute atomic E-state index is 0.0523. The molecule has 0 amide bonds. The molecular formula is C15H15BrN4O. The number of anilines is 1. The summed E-state index contributed by atoms with van der Waals surface area (Å²) in [6.07, 6.45) is 0.911. The normalized spacial score (nSPS) is 21.4. The van der Waals surface area contributed by atoms with Gasteiger partial charge in [0.1, 0.15) is 23.1 Å². The molecule has 2 atom stereocenters. The fraction of sp³-hybridized carbons (Fsp3) is 0.333. The van der Waals surface area contributed by atoms with Gasteiger partial charge in [-0.25, -0.2) is 4.68 Å². The highest BCUT2D eigenvalue weighted by molar-refractivity contribution is 9.10. The summed E-state index contributed by atoms with van der Waals surface area (Å²) in [4.78, 5) is 0. The minimum atomic E-state index is 0.0523. The van der Waals surface area contributed by atoms with E-state index in [9.17, 15) is 5.26 Å². The van der Waals surface area contributed by atoms with Crippen LogP contribution in [0, 0.1) is 11.3 Å². The average molecular weight is 347 g/mol. The molecule has 21 heavy (non-hydrogen) atoms. The maximum atomic E-state index is 9.41. The molecule has 2 heterocycles. The van der Waals surface area contributed by atoms with Gasteiger partial charge in [-0.2, -0.15) is 10.4 Å². The predicted molar refractivity (Wildman–Crippen MR) is 83.6 cm³/mol. The second kappa shape index (κ2) is 5.51. The van der Waals surface area contributed by atoms with Crippen molar-refractivity contribution in [3.63, 3.8) is 0 Å². The molecule has 1 fully saturated rings. The van der Waals surface area contributed by atoms with Gasteiger partial charge < -0.3 is 10.5 Å². The van der Waals surface area contributed by atoms with Gasteiger partial charge in [0.2, 0.25) is 0 Å². The summed E-state index contributed by atoms with van der Waals surface area (Å²) in [6, 6.07) is 9.95. The van der Waals surface area contributed by atoms with E-state index in [0.717, 1.165) is 16.5 Å². The maximum Gasteiger partial charge on any atom is 0.140 e. The van der Waals surface area contributed by atoms with Crippen molar-refractivity contribution in [2.45, 2.75) is 25.5 Å². The Morgan fingerprint density at radius 3 is 2.71 bits per heavy atom. The number of hydrogen-bond acceptors (Lipinski definition) is 4. The van der Waals surface area contributed by atoms with Crippen LogP contribution in [0.25, 0.3) is 11.3 Å². The first kappa shape index (κ1) is 14.1. The number of halogens is 1. The number of nitrogens with zero attached hydrogens (tertiary/aromatic N) is 3. The Bertz CT molecular complexity index is 702. The highest BCUT2D eigenvalue weighted by Gasteiger charge is 2.30. The number of nitrogens with two attached hydrogens (primary N) is 1. The van der Waals surface area contributed by atoms with E-state index >= 15 is 0 Å². The molecule has 1 aliphatic rings. The SMILES string of the molecule is CC1OCCC1n1nc(-c2ccc(Br)cc2)c(C#N)c1N. The second-order valence-electron chi connectivity index (χ2n) is 5.10. The Morgan fingerprint density at radius 2 is 2.14 bits per heavy atom. The number of benzene rings is 1. The van der Waals surface area contributed by atoms with Crippen molar-refractivity contribution in [1.82, 2.24) is 9.78 Å². The third-order valence-electron chi connectivity index (χ3n) is 3.83. The van der Waals surface area contributed by atoms with Crippen LogP contribution in [0.15, 0.2) is 28.7 Å². The standard InChI is InChI=1S/C15H15BrN4O/c1-9-13(6-7-21-9)20-15(18)12(8-17)14(19-20)10-2-4-11(16)5-3-10/h2-5,9,13H,6-7,18H2,1H3. The molecule has 1 aromatic carbocycles. The number of ether oxygens (including phenoxy) is 1. The summed E-state index contributed by atoms with van der Waals surface area (Å²) in [7, 11) is 0. The third kappa shape index (κ3) is 2.43. The second-order valence-corrected chi connectivity index (χ2v) is 6.02. The first-order chi connectivity index (χ1) is 10.1. The summed E-state index contributed by atoms with van der Waals surface area (Å²) in [5.74, 6) is 0.415. The van der Waals surface area contributed by atoms with Crippen LogP contribution in [-0.2, 0) is 4.74 Å². The van der Waals surface area contributed by atoms with Crippen molar-refractivity contribution in [3.05, 3.63) is 34.3 Å². The Labute approximate surface area is 131 Å². The average Bonchev–Trinajstić information content (AvgIpc) is 3.03. The quantitative estimate of drug-likeness (QED) is 0.906. The van der Waals surface area contributed by atoms with Gasteiger partial charge in [0.25, 0.3) is 0 Å². The fourth-order valence-electron chi connectivity index (χ4n) is 2.66. The summed E-state index contributed by atoms with van der Waals surface area (Å²) in [5, 5.41) is 14.0. The molecule has 2 unspecified atom stereocenters. The van der Waals surface area contributed by atoms with Crippen molar-refractivity contribution in [2.75, 3.05) is 12.3 Å². The van der Waals surface area contributed by atoms with E-state index in [1.165, 1.54) is 0 Å². The summed E-state index contributed by atoms with van der Waals surface area (Å²) >= 11 is 3.40. The van der Waals surface area contributed by atoms with Gasteiger partial charge in [0.05, 0.1) is 12.1 Å². The molecule has 2 aromatic rings. The first-order valence-corrected chi connectivity index (χ1v) is 7.56. The largest absolute Gasteiger partial charge is 0.383 e. The lowest BCUT2D eigenvalue weighted by Crippen LogP contribution is -2.19. The Morgan fingerprint density at radius 1 is 1.43 bits per heavy atom. The van der Waals surface area contributed by atoms with Crippen molar-refractivity contribution < 1.29 is 4.74 Å². The zero-order valence-corrected chi connectivity index (χ0v) is 13.2. The lowest BCUT2D eigenvalue weighted by atomic mass is 10.1. The summed E-state index contributed by atoms with van der Waals surface area (Å²) in [5.41, 5.74) is 8.07. The van der Waals surface area contributed by atoms with Gasteiger partial charge in [0, 0.05) is 16.6 Å². The van der Waals surface area contributed by atoms with Crippen molar-refractivity contribution in [3.8, 4) is 17.3 Å². The van der Waals surface area contributed by atoms with Gasteiger partial charge in [-0.15, -0.1) is 0 Å². The van der Waals surface area contributed by atoms with Crippen LogP contribution < -0.4 is 5.73 Å². The zero-order valence-electron chi connectivity index (χ0n) is 11.6. The van der Waals surface area contributed by atoms with Gasteiger partial charge in [0.15, 0.2) is 0 Å². The number of nitriles is 1. The molecule has 0 radical (unpaired) electrons. The molecule has 6 heteroatoms. The van der Waals surface area contributed by atoms with Gasteiger partial charge >= 0.3 is 0 Å². The first-order valence-electron chi connectivity index (χ1n) is 6.77. The molecule has 0 spiro atoms. The molecule has 0 bridgehead atoms. The molecule has 5 nitrogen and oxygen atoms in total. The van der Waals surface area contributed by atoms with Crippen molar-refractivity contribution >= 4 is 21.7 Å². The monoisotopic (exact) mass is 346 g/mol. The van der Waals surface area contributed by atoms with Gasteiger partial charge in [-0.05, 0) is 25.5 Å². The van der Waals surface area contributed by atoms with Crippen LogP contribution in [0.3, 0.4) is 0 Å². The minimum Gasteiger partial charge on any atom is -0.383 e. The van der Waals surface area contributed by atoms with Gasteiger partial charge in [-0.3, -0.25) is 0 Å². The molecule has 108 valence electrons. The molecule has 0 aliphatic carbocycles. The van der Waals surface area contributed by atoms with Crippen LogP contribution in [0.4, 0.5) is 5.82 Å². The number of aromatic nitrogens is 2. The fourth-order valence-corrected chi connectivity index (χ4v) is 2.93. The lowest BCUT2D eigenvalue weighted by Gasteiger charge is -2.15. The molecule has 0 saturated carbocycles. The van der Waals surface area contributed by atoms with E-state index in [4.69, 9.17) is 10.5 Å². The Kier molecular flexibility index (Phi) is 3.70. The summed E-state index contributed by atoms with van der Waals surface area (Å²) in [6.45, 7) is 2.70. The van der Waals surface area contributed by atoms with E-state index in [1.807, 2.05) is 31.2 Å². The zero-order chi connectivity index (χ0) is 15.0. The van der Waals surface area contributed by atoms with Crippen LogP contribution in [0.1, 0.15) is 24.9 Å². The van der Waals surface area contributed by atoms with E-state index in [0.29, 0.717) is 23.7 Å². The Balaban J connectivity index is 2.09. The molecule has 1 aliphatic heterocycles.